The highest BCUT2D eigenvalue weighted by molar-refractivity contribution is 7.18. The van der Waals surface area contributed by atoms with Crippen molar-refractivity contribution in [2.24, 2.45) is 11.3 Å². The lowest BCUT2D eigenvalue weighted by atomic mass is 9.50. The van der Waals surface area contributed by atoms with Gasteiger partial charge in [-0.15, -0.1) is 11.3 Å². The molecule has 1 spiro atoms. The molecule has 2 heterocycles. The van der Waals surface area contributed by atoms with Crippen molar-refractivity contribution in [3.8, 4) is 0 Å². The van der Waals surface area contributed by atoms with Gasteiger partial charge < -0.3 is 5.32 Å². The lowest BCUT2D eigenvalue weighted by molar-refractivity contribution is -0.0399. The van der Waals surface area contributed by atoms with Crippen LogP contribution in [0.15, 0.2) is 12.3 Å². The van der Waals surface area contributed by atoms with Crippen LogP contribution in [0.1, 0.15) is 66.7 Å². The molecule has 1 amide bonds. The van der Waals surface area contributed by atoms with Crippen molar-refractivity contribution in [1.82, 2.24) is 15.3 Å². The summed E-state index contributed by atoms with van der Waals surface area (Å²) in [5, 5.41) is 4.37. The van der Waals surface area contributed by atoms with E-state index in [1.807, 2.05) is 6.07 Å². The van der Waals surface area contributed by atoms with E-state index in [4.69, 9.17) is 0 Å². The number of carbonyl (C=O) groups is 1. The number of rotatable bonds is 3. The first-order valence-corrected chi connectivity index (χ1v) is 9.49. The summed E-state index contributed by atoms with van der Waals surface area (Å²) in [4.78, 5) is 21.4. The van der Waals surface area contributed by atoms with Crippen LogP contribution in [-0.4, -0.2) is 21.9 Å². The number of fused-ring (bicyclic) bond motifs is 1. The number of amides is 1. The summed E-state index contributed by atoms with van der Waals surface area (Å²) in [5.41, 5.74) is 2.03. The van der Waals surface area contributed by atoms with Gasteiger partial charge in [0.2, 0.25) is 0 Å². The second-order valence-corrected chi connectivity index (χ2v) is 9.03. The average Bonchev–Trinajstić information content (AvgIpc) is 3.22. The van der Waals surface area contributed by atoms with E-state index in [1.165, 1.54) is 30.7 Å². The highest BCUT2D eigenvalue weighted by atomic mass is 32.1. The second-order valence-electron chi connectivity index (χ2n) is 7.96. The Bertz CT molecular complexity index is 781. The van der Waals surface area contributed by atoms with Crippen LogP contribution in [0.3, 0.4) is 0 Å². The Morgan fingerprint density at radius 2 is 2.09 bits per heavy atom. The molecule has 2 aromatic heterocycles. The summed E-state index contributed by atoms with van der Waals surface area (Å²) < 4.78 is 1.04. The molecule has 4 nitrogen and oxygen atoms in total. The third kappa shape index (κ3) is 2.36. The van der Waals surface area contributed by atoms with Gasteiger partial charge in [0, 0.05) is 18.2 Å². The zero-order chi connectivity index (χ0) is 15.6. The second kappa shape index (κ2) is 4.76. The summed E-state index contributed by atoms with van der Waals surface area (Å²) in [7, 11) is 0. The molecule has 0 atom stereocenters. The van der Waals surface area contributed by atoms with Gasteiger partial charge in [-0.05, 0) is 55.9 Å². The summed E-state index contributed by atoms with van der Waals surface area (Å²) in [5.74, 6) is 1.54. The van der Waals surface area contributed by atoms with Crippen molar-refractivity contribution >= 4 is 27.6 Å². The van der Waals surface area contributed by atoms with Crippen LogP contribution in [0.2, 0.25) is 0 Å². The van der Waals surface area contributed by atoms with Gasteiger partial charge in [-0.2, -0.15) is 0 Å². The SMILES string of the molecule is CC1CC2(C1)CC(NC(=O)c1cnc3nc(C4CC4)sc3c1)C2. The number of nitrogens with zero attached hydrogens (tertiary/aromatic N) is 2. The van der Waals surface area contributed by atoms with E-state index in [0.717, 1.165) is 29.1 Å². The Balaban J connectivity index is 1.27. The van der Waals surface area contributed by atoms with E-state index in [-0.39, 0.29) is 5.91 Å². The van der Waals surface area contributed by atoms with Gasteiger partial charge in [0.25, 0.3) is 5.91 Å². The Kier molecular flexibility index (Phi) is 2.88. The Morgan fingerprint density at radius 1 is 1.30 bits per heavy atom. The number of pyridine rings is 1. The van der Waals surface area contributed by atoms with E-state index in [9.17, 15) is 4.79 Å². The van der Waals surface area contributed by atoms with Gasteiger partial charge in [-0.1, -0.05) is 6.92 Å². The molecule has 0 aromatic carbocycles. The fourth-order valence-electron chi connectivity index (χ4n) is 4.57. The number of aromatic nitrogens is 2. The number of thiazole rings is 1. The highest BCUT2D eigenvalue weighted by Gasteiger charge is 2.51. The molecular formula is C18H21N3OS. The number of carbonyl (C=O) groups excluding carboxylic acids is 1. The topological polar surface area (TPSA) is 54.9 Å². The molecule has 0 saturated heterocycles. The van der Waals surface area contributed by atoms with E-state index in [2.05, 4.69) is 22.2 Å². The van der Waals surface area contributed by atoms with Gasteiger partial charge in [0.05, 0.1) is 15.3 Å². The fourth-order valence-corrected chi connectivity index (χ4v) is 5.71. The molecule has 23 heavy (non-hydrogen) atoms. The first-order chi connectivity index (χ1) is 11.1. The van der Waals surface area contributed by atoms with Crippen LogP contribution < -0.4 is 5.32 Å². The minimum Gasteiger partial charge on any atom is -0.349 e. The zero-order valence-electron chi connectivity index (χ0n) is 13.3. The Hall–Kier alpha value is -1.49. The maximum atomic E-state index is 12.5. The Morgan fingerprint density at radius 3 is 2.78 bits per heavy atom. The largest absolute Gasteiger partial charge is 0.349 e. The molecule has 3 aliphatic rings. The maximum Gasteiger partial charge on any atom is 0.253 e. The van der Waals surface area contributed by atoms with Gasteiger partial charge in [0.1, 0.15) is 0 Å². The van der Waals surface area contributed by atoms with Crippen molar-refractivity contribution in [2.45, 2.75) is 57.4 Å². The average molecular weight is 327 g/mol. The van der Waals surface area contributed by atoms with Gasteiger partial charge in [0.15, 0.2) is 5.65 Å². The number of nitrogens with one attached hydrogen (secondary N) is 1. The first-order valence-electron chi connectivity index (χ1n) is 8.68. The van der Waals surface area contributed by atoms with Crippen LogP contribution in [-0.2, 0) is 0 Å². The molecule has 0 aliphatic heterocycles. The molecule has 2 aromatic rings. The minimum absolute atomic E-state index is 0.0213. The maximum absolute atomic E-state index is 12.5. The van der Waals surface area contributed by atoms with Crippen molar-refractivity contribution in [2.75, 3.05) is 0 Å². The predicted molar refractivity (Wildman–Crippen MR) is 90.7 cm³/mol. The van der Waals surface area contributed by atoms with Crippen LogP contribution in [0.25, 0.3) is 10.3 Å². The zero-order valence-corrected chi connectivity index (χ0v) is 14.2. The van der Waals surface area contributed by atoms with Crippen LogP contribution in [0.5, 0.6) is 0 Å². The molecule has 0 unspecified atom stereocenters. The molecule has 3 saturated carbocycles. The normalized spacial score (nSPS) is 32.6. The van der Waals surface area contributed by atoms with Gasteiger partial charge >= 0.3 is 0 Å². The molecule has 120 valence electrons. The number of hydrogen-bond acceptors (Lipinski definition) is 4. The molecule has 0 radical (unpaired) electrons. The summed E-state index contributed by atoms with van der Waals surface area (Å²) >= 11 is 1.70. The summed E-state index contributed by atoms with van der Waals surface area (Å²) in [6, 6.07) is 2.32. The third-order valence-electron chi connectivity index (χ3n) is 5.71. The molecular weight excluding hydrogens is 306 g/mol. The smallest absolute Gasteiger partial charge is 0.253 e. The molecule has 3 fully saturated rings. The van der Waals surface area contributed by atoms with E-state index < -0.39 is 0 Å². The quantitative estimate of drug-likeness (QED) is 0.931. The van der Waals surface area contributed by atoms with E-state index >= 15 is 0 Å². The Labute approximate surface area is 139 Å². The van der Waals surface area contributed by atoms with Crippen LogP contribution in [0, 0.1) is 11.3 Å². The van der Waals surface area contributed by atoms with Crippen molar-refractivity contribution in [3.05, 3.63) is 22.8 Å². The number of hydrogen-bond donors (Lipinski definition) is 1. The highest BCUT2D eigenvalue weighted by Crippen LogP contribution is 2.58. The summed E-state index contributed by atoms with van der Waals surface area (Å²) in [6.45, 7) is 2.32. The van der Waals surface area contributed by atoms with Crippen molar-refractivity contribution in [3.63, 3.8) is 0 Å². The van der Waals surface area contributed by atoms with Crippen molar-refractivity contribution in [1.29, 1.82) is 0 Å². The van der Waals surface area contributed by atoms with E-state index in [1.54, 1.807) is 17.5 Å². The van der Waals surface area contributed by atoms with Gasteiger partial charge in [-0.25, -0.2) is 9.97 Å². The predicted octanol–water partition coefficient (Wildman–Crippen LogP) is 3.88. The lowest BCUT2D eigenvalue weighted by Crippen LogP contribution is -2.55. The molecule has 1 N–H and O–H groups in total. The molecule has 0 bridgehead atoms. The third-order valence-corrected chi connectivity index (χ3v) is 6.86. The standard InChI is InChI=1S/C18H21N3OS/c1-10-5-18(6-10)7-13(8-18)20-16(22)12-4-14-15(19-9-12)21-17(23-14)11-2-3-11/h4,9-11,13H,2-3,5-8H2,1H3,(H,20,22). The minimum atomic E-state index is 0.0213. The molecule has 5 heteroatoms. The van der Waals surface area contributed by atoms with Crippen LogP contribution in [0.4, 0.5) is 0 Å². The molecule has 5 rings (SSSR count). The van der Waals surface area contributed by atoms with Crippen molar-refractivity contribution < 1.29 is 4.79 Å². The van der Waals surface area contributed by atoms with Gasteiger partial charge in [-0.3, -0.25) is 4.79 Å². The van der Waals surface area contributed by atoms with E-state index in [0.29, 0.717) is 22.9 Å². The fraction of sp³-hybridized carbons (Fsp3) is 0.611. The monoisotopic (exact) mass is 327 g/mol. The van der Waals surface area contributed by atoms with Crippen LogP contribution >= 0.6 is 11.3 Å². The lowest BCUT2D eigenvalue weighted by Gasteiger charge is -2.57. The molecule has 3 aliphatic carbocycles. The summed E-state index contributed by atoms with van der Waals surface area (Å²) in [6.07, 6.45) is 9.17. The first kappa shape index (κ1) is 13.9.